The Labute approximate surface area is 178 Å². The van der Waals surface area contributed by atoms with Gasteiger partial charge in [-0.2, -0.15) is 0 Å². The Balaban J connectivity index is 2.79. The number of rotatable bonds is 13. The molecule has 0 radical (unpaired) electrons. The maximum Gasteiger partial charge on any atom is 0.328 e. The Hall–Kier alpha value is -2.97. The minimum atomic E-state index is -1.60. The molecule has 1 rings (SSSR count). The number of nitrogens with two attached hydrogens (primary N) is 2. The highest BCUT2D eigenvalue weighted by Gasteiger charge is 2.30. The second-order valence-corrected chi connectivity index (χ2v) is 6.98. The fourth-order valence-electron chi connectivity index (χ4n) is 2.88. The van der Waals surface area contributed by atoms with Crippen molar-refractivity contribution >= 4 is 29.7 Å². The van der Waals surface area contributed by atoms with E-state index >= 15 is 0 Å². The van der Waals surface area contributed by atoms with Gasteiger partial charge < -0.3 is 48.1 Å². The van der Waals surface area contributed by atoms with Crippen LogP contribution in [0.4, 0.5) is 0 Å². The second-order valence-electron chi connectivity index (χ2n) is 6.98. The molecule has 1 heterocycles. The molecule has 4 unspecified atom stereocenters. The summed E-state index contributed by atoms with van der Waals surface area (Å²) in [5.74, 6) is -3.72. The van der Waals surface area contributed by atoms with Gasteiger partial charge in [0.25, 0.3) is 0 Å². The van der Waals surface area contributed by atoms with Crippen molar-refractivity contribution in [1.29, 1.82) is 0 Å². The van der Waals surface area contributed by atoms with Crippen molar-refractivity contribution in [3.63, 3.8) is 0 Å². The largest absolute Gasteiger partial charge is 0.480 e. The molecule has 1 fully saturated rings. The summed E-state index contributed by atoms with van der Waals surface area (Å²) >= 11 is 0. The van der Waals surface area contributed by atoms with Crippen LogP contribution in [-0.2, 0) is 19.2 Å². The predicted molar refractivity (Wildman–Crippen MR) is 109 cm³/mol. The van der Waals surface area contributed by atoms with Crippen molar-refractivity contribution in [1.82, 2.24) is 21.3 Å². The number of hydrogen-bond donors (Lipinski definition) is 9. The van der Waals surface area contributed by atoms with Gasteiger partial charge in [-0.15, -0.1) is 0 Å². The summed E-state index contributed by atoms with van der Waals surface area (Å²) in [5.41, 5.74) is 10.5. The van der Waals surface area contributed by atoms with Gasteiger partial charge in [-0.25, -0.2) is 4.79 Å². The number of carbonyl (C=O) groups is 4. The number of aliphatic hydroxyl groups excluding tert-OH is 2. The zero-order chi connectivity index (χ0) is 23.4. The number of amides is 3. The minimum absolute atomic E-state index is 0.117. The first-order valence-corrected chi connectivity index (χ1v) is 9.84. The third kappa shape index (κ3) is 9.15. The Bertz CT molecular complexity index is 663. The van der Waals surface area contributed by atoms with Crippen LogP contribution in [0.3, 0.4) is 0 Å². The number of aliphatic carboxylic acids is 1. The molecule has 0 aromatic rings. The molecule has 0 spiro atoms. The molecule has 1 aliphatic rings. The number of guanidine groups is 1. The molecule has 11 N–H and O–H groups in total. The van der Waals surface area contributed by atoms with Crippen molar-refractivity contribution in [3.8, 4) is 0 Å². The predicted octanol–water partition coefficient (Wildman–Crippen LogP) is -4.68. The summed E-state index contributed by atoms with van der Waals surface area (Å²) in [6, 6.07) is -4.56. The van der Waals surface area contributed by atoms with E-state index in [9.17, 15) is 24.3 Å². The molecule has 0 saturated carbocycles. The van der Waals surface area contributed by atoms with Crippen molar-refractivity contribution in [2.24, 2.45) is 16.5 Å². The first-order chi connectivity index (χ1) is 14.7. The van der Waals surface area contributed by atoms with E-state index in [1.54, 1.807) is 0 Å². The molecule has 3 amide bonds. The van der Waals surface area contributed by atoms with Crippen LogP contribution >= 0.6 is 0 Å². The normalized spacial score (nSPS) is 18.3. The van der Waals surface area contributed by atoms with Crippen molar-refractivity contribution in [2.75, 3.05) is 26.3 Å². The molecule has 4 atom stereocenters. The maximum atomic E-state index is 12.7. The van der Waals surface area contributed by atoms with Crippen LogP contribution < -0.4 is 32.7 Å². The smallest absolute Gasteiger partial charge is 0.328 e. The lowest BCUT2D eigenvalue weighted by Crippen LogP contribution is -2.58. The molecule has 14 nitrogen and oxygen atoms in total. The molecular weight excluding hydrogens is 414 g/mol. The highest BCUT2D eigenvalue weighted by Crippen LogP contribution is 2.07. The average molecular weight is 445 g/mol. The number of aliphatic imine (C=N–C) groups is 1. The second kappa shape index (κ2) is 13.4. The number of nitrogens with zero attached hydrogens (tertiary/aromatic N) is 1. The van der Waals surface area contributed by atoms with Crippen LogP contribution in [0.2, 0.25) is 0 Å². The molecule has 1 aliphatic heterocycles. The van der Waals surface area contributed by atoms with Crippen molar-refractivity contribution in [2.45, 2.75) is 49.9 Å². The first-order valence-electron chi connectivity index (χ1n) is 9.84. The number of carboxylic acids is 1. The standard InChI is InChI=1S/C17H31N7O7/c18-17(19)21-6-2-4-10(22-13(27)9-3-1-5-20-9)14(28)23-11(7-25)15(29)24-12(8-26)16(30)31/h9-12,20,25-26H,1-8H2,(H,22,27)(H,23,28)(H,24,29)(H,30,31)(H4,18,19,21). The summed E-state index contributed by atoms with van der Waals surface area (Å²) < 4.78 is 0. The number of aliphatic hydroxyl groups is 2. The average Bonchev–Trinajstić information content (AvgIpc) is 3.26. The van der Waals surface area contributed by atoms with E-state index < -0.39 is 55.2 Å². The van der Waals surface area contributed by atoms with Gasteiger partial charge in [0.05, 0.1) is 19.3 Å². The maximum absolute atomic E-state index is 12.7. The van der Waals surface area contributed by atoms with Gasteiger partial charge >= 0.3 is 5.97 Å². The van der Waals surface area contributed by atoms with Gasteiger partial charge in [0.1, 0.15) is 18.1 Å². The Morgan fingerprint density at radius 3 is 2.13 bits per heavy atom. The summed E-state index contributed by atoms with van der Waals surface area (Å²) in [6.45, 7) is -0.800. The van der Waals surface area contributed by atoms with Crippen molar-refractivity contribution < 1.29 is 34.5 Å². The van der Waals surface area contributed by atoms with Gasteiger partial charge in [0, 0.05) is 6.54 Å². The molecule has 0 aliphatic carbocycles. The Kier molecular flexibility index (Phi) is 11.2. The fourth-order valence-corrected chi connectivity index (χ4v) is 2.88. The lowest BCUT2D eigenvalue weighted by Gasteiger charge is -2.24. The van der Waals surface area contributed by atoms with Crippen LogP contribution in [0.15, 0.2) is 4.99 Å². The molecule has 0 aromatic carbocycles. The highest BCUT2D eigenvalue weighted by molar-refractivity contribution is 5.94. The van der Waals surface area contributed by atoms with Crippen LogP contribution in [-0.4, -0.2) is 95.4 Å². The third-order valence-electron chi connectivity index (χ3n) is 4.57. The van der Waals surface area contributed by atoms with E-state index in [2.05, 4.69) is 20.9 Å². The number of carbonyl (C=O) groups excluding carboxylic acids is 3. The Morgan fingerprint density at radius 2 is 1.61 bits per heavy atom. The monoisotopic (exact) mass is 445 g/mol. The molecule has 1 saturated heterocycles. The van der Waals surface area contributed by atoms with Gasteiger partial charge in [0.2, 0.25) is 17.7 Å². The third-order valence-corrected chi connectivity index (χ3v) is 4.57. The molecule has 0 aromatic heterocycles. The SMILES string of the molecule is NC(N)=NCCCC(NC(=O)C1CCCN1)C(=O)NC(CO)C(=O)NC(CO)C(=O)O. The van der Waals surface area contributed by atoms with E-state index in [4.69, 9.17) is 21.7 Å². The lowest BCUT2D eigenvalue weighted by atomic mass is 10.1. The van der Waals surface area contributed by atoms with Crippen molar-refractivity contribution in [3.05, 3.63) is 0 Å². The number of hydrogen-bond acceptors (Lipinski definition) is 8. The first kappa shape index (κ1) is 26.1. The molecule has 176 valence electrons. The van der Waals surface area contributed by atoms with E-state index in [0.717, 1.165) is 6.42 Å². The summed E-state index contributed by atoms with van der Waals surface area (Å²) in [5, 5.41) is 37.3. The van der Waals surface area contributed by atoms with E-state index in [1.807, 2.05) is 5.32 Å². The quantitative estimate of drug-likeness (QED) is 0.0745. The topological polar surface area (TPSA) is 241 Å². The number of nitrogens with one attached hydrogen (secondary N) is 4. The molecular formula is C17H31N7O7. The summed E-state index contributed by atoms with van der Waals surface area (Å²) in [6.07, 6.45) is 1.93. The Morgan fingerprint density at radius 1 is 1.00 bits per heavy atom. The minimum Gasteiger partial charge on any atom is -0.480 e. The van der Waals surface area contributed by atoms with Crippen LogP contribution in [0, 0.1) is 0 Å². The van der Waals surface area contributed by atoms with Gasteiger partial charge in [-0.1, -0.05) is 0 Å². The van der Waals surface area contributed by atoms with Crippen LogP contribution in [0.25, 0.3) is 0 Å². The lowest BCUT2D eigenvalue weighted by molar-refractivity contribution is -0.143. The fraction of sp³-hybridized carbons (Fsp3) is 0.706. The van der Waals surface area contributed by atoms with Crippen LogP contribution in [0.5, 0.6) is 0 Å². The van der Waals surface area contributed by atoms with E-state index in [1.165, 1.54) is 0 Å². The summed E-state index contributed by atoms with van der Waals surface area (Å²) in [7, 11) is 0. The molecule has 31 heavy (non-hydrogen) atoms. The van der Waals surface area contributed by atoms with Gasteiger partial charge in [-0.05, 0) is 32.2 Å². The molecule has 14 heteroatoms. The summed E-state index contributed by atoms with van der Waals surface area (Å²) in [4.78, 5) is 52.0. The number of carboxylic acid groups (broad SMARTS) is 1. The zero-order valence-corrected chi connectivity index (χ0v) is 17.0. The van der Waals surface area contributed by atoms with Crippen LogP contribution in [0.1, 0.15) is 25.7 Å². The van der Waals surface area contributed by atoms with Gasteiger partial charge in [0.15, 0.2) is 5.96 Å². The van der Waals surface area contributed by atoms with E-state index in [-0.39, 0.29) is 24.8 Å². The molecule has 0 bridgehead atoms. The highest BCUT2D eigenvalue weighted by atomic mass is 16.4. The van der Waals surface area contributed by atoms with Gasteiger partial charge in [-0.3, -0.25) is 19.4 Å². The zero-order valence-electron chi connectivity index (χ0n) is 17.0. The van der Waals surface area contributed by atoms with E-state index in [0.29, 0.717) is 19.4 Å².